The minimum absolute atomic E-state index is 0.137. The van der Waals surface area contributed by atoms with Crippen LogP contribution in [0.5, 0.6) is 0 Å². The molecule has 0 saturated heterocycles. The fourth-order valence-electron chi connectivity index (χ4n) is 3.09. The molecule has 7 heteroatoms. The fourth-order valence-corrected chi connectivity index (χ4v) is 3.09. The molecule has 7 nitrogen and oxygen atoms in total. The van der Waals surface area contributed by atoms with Gasteiger partial charge in [-0.15, -0.1) is 0 Å². The molecule has 0 unspecified atom stereocenters. The third-order valence-electron chi connectivity index (χ3n) is 4.88. The third kappa shape index (κ3) is 4.68. The number of fused-ring (bicyclic) bond motifs is 1. The van der Waals surface area contributed by atoms with Crippen molar-refractivity contribution in [1.29, 1.82) is 0 Å². The molecule has 29 heavy (non-hydrogen) atoms. The topological polar surface area (TPSA) is 93.1 Å². The predicted octanol–water partition coefficient (Wildman–Crippen LogP) is 2.33. The molecule has 2 aromatic carbocycles. The first-order chi connectivity index (χ1) is 13.9. The summed E-state index contributed by atoms with van der Waals surface area (Å²) in [7, 11) is 1.55. The summed E-state index contributed by atoms with van der Waals surface area (Å²) in [5, 5.41) is 5.38. The highest BCUT2D eigenvalue weighted by Gasteiger charge is 2.15. The first-order valence-corrected chi connectivity index (χ1v) is 9.45. The zero-order valence-electron chi connectivity index (χ0n) is 16.8. The maximum absolute atomic E-state index is 13.0. The van der Waals surface area contributed by atoms with E-state index in [9.17, 15) is 14.4 Å². The lowest BCUT2D eigenvalue weighted by molar-refractivity contribution is -0.120. The first kappa shape index (κ1) is 20.3. The van der Waals surface area contributed by atoms with Gasteiger partial charge in [0, 0.05) is 25.6 Å². The van der Waals surface area contributed by atoms with Crippen molar-refractivity contribution in [3.8, 4) is 0 Å². The first-order valence-electron chi connectivity index (χ1n) is 9.45. The number of carbonyl (C=O) groups excluding carboxylic acids is 2. The predicted molar refractivity (Wildman–Crippen MR) is 113 cm³/mol. The lowest BCUT2D eigenvalue weighted by atomic mass is 10.1. The van der Waals surface area contributed by atoms with Gasteiger partial charge in [0.2, 0.25) is 11.8 Å². The Labute approximate surface area is 168 Å². The van der Waals surface area contributed by atoms with Crippen molar-refractivity contribution in [2.45, 2.75) is 33.2 Å². The van der Waals surface area contributed by atoms with Gasteiger partial charge in [0.15, 0.2) is 0 Å². The summed E-state index contributed by atoms with van der Waals surface area (Å²) in [5.74, 6) is -0.470. The van der Waals surface area contributed by atoms with Crippen LogP contribution in [0.3, 0.4) is 0 Å². The number of hydrogen-bond acceptors (Lipinski definition) is 4. The number of amides is 2. The third-order valence-corrected chi connectivity index (χ3v) is 4.88. The van der Waals surface area contributed by atoms with Crippen molar-refractivity contribution in [2.75, 3.05) is 12.4 Å². The van der Waals surface area contributed by atoms with Gasteiger partial charge in [0.05, 0.1) is 11.0 Å². The molecule has 1 aromatic heterocycles. The van der Waals surface area contributed by atoms with Crippen molar-refractivity contribution < 1.29 is 9.59 Å². The molecular formula is C22H24N4O3. The van der Waals surface area contributed by atoms with E-state index in [0.29, 0.717) is 16.7 Å². The normalized spacial score (nSPS) is 10.7. The average molecular weight is 392 g/mol. The molecule has 3 aromatic rings. The largest absolute Gasteiger partial charge is 0.359 e. The van der Waals surface area contributed by atoms with Crippen LogP contribution in [0.25, 0.3) is 11.0 Å². The van der Waals surface area contributed by atoms with E-state index in [1.165, 1.54) is 4.57 Å². The molecule has 2 amide bonds. The fraction of sp³-hybridized carbons (Fsp3) is 0.273. The second kappa shape index (κ2) is 8.68. The Morgan fingerprint density at radius 1 is 1.03 bits per heavy atom. The zero-order valence-corrected chi connectivity index (χ0v) is 16.8. The van der Waals surface area contributed by atoms with Crippen LogP contribution in [0.1, 0.15) is 23.2 Å². The van der Waals surface area contributed by atoms with Crippen LogP contribution >= 0.6 is 0 Å². The summed E-state index contributed by atoms with van der Waals surface area (Å²) >= 11 is 0. The molecule has 0 fully saturated rings. The van der Waals surface area contributed by atoms with Crippen LogP contribution in [-0.4, -0.2) is 28.4 Å². The number of nitrogens with one attached hydrogen (secondary N) is 2. The van der Waals surface area contributed by atoms with Crippen molar-refractivity contribution in [1.82, 2.24) is 14.9 Å². The van der Waals surface area contributed by atoms with E-state index in [2.05, 4.69) is 15.6 Å². The Hall–Kier alpha value is -3.48. The van der Waals surface area contributed by atoms with Gasteiger partial charge < -0.3 is 10.6 Å². The van der Waals surface area contributed by atoms with Crippen LogP contribution in [0.15, 0.2) is 47.3 Å². The van der Waals surface area contributed by atoms with Gasteiger partial charge in [-0.25, -0.2) is 4.98 Å². The van der Waals surface area contributed by atoms with Crippen LogP contribution in [0, 0.1) is 13.8 Å². The summed E-state index contributed by atoms with van der Waals surface area (Å²) in [4.78, 5) is 41.6. The van der Waals surface area contributed by atoms with Crippen molar-refractivity contribution in [3.05, 3.63) is 69.6 Å². The van der Waals surface area contributed by atoms with Crippen molar-refractivity contribution in [2.24, 2.45) is 0 Å². The highest BCUT2D eigenvalue weighted by Crippen LogP contribution is 2.15. The van der Waals surface area contributed by atoms with Gasteiger partial charge in [0.1, 0.15) is 12.2 Å². The van der Waals surface area contributed by atoms with Gasteiger partial charge in [-0.3, -0.25) is 19.0 Å². The molecule has 0 bridgehead atoms. The minimum Gasteiger partial charge on any atom is -0.359 e. The van der Waals surface area contributed by atoms with Crippen LogP contribution < -0.4 is 16.2 Å². The molecule has 0 radical (unpaired) electrons. The summed E-state index contributed by atoms with van der Waals surface area (Å²) in [6, 6.07) is 12.8. The van der Waals surface area contributed by atoms with E-state index in [4.69, 9.17) is 0 Å². The molecule has 0 aliphatic rings. The lowest BCUT2D eigenvalue weighted by Gasteiger charge is -2.13. The summed E-state index contributed by atoms with van der Waals surface area (Å²) < 4.78 is 1.41. The Balaban J connectivity index is 1.91. The van der Waals surface area contributed by atoms with E-state index >= 15 is 0 Å². The standard InChI is InChI=1S/C22H24N4O3/c1-14-8-9-16(12-15(14)2)24-21(28)13-26-19-7-5-4-6-17(19)25-18(22(26)29)10-11-20(27)23-3/h4-9,12H,10-11,13H2,1-3H3,(H,23,27)(H,24,28). The van der Waals surface area contributed by atoms with E-state index in [1.807, 2.05) is 38.1 Å². The summed E-state index contributed by atoms with van der Waals surface area (Å²) in [5.41, 5.74) is 4.00. The number of benzene rings is 2. The molecule has 1 heterocycles. The number of aryl methyl sites for hydroxylation is 3. The molecule has 0 aliphatic heterocycles. The van der Waals surface area contributed by atoms with Gasteiger partial charge >= 0.3 is 0 Å². The second-order valence-corrected chi connectivity index (χ2v) is 6.96. The van der Waals surface area contributed by atoms with Gasteiger partial charge in [-0.2, -0.15) is 0 Å². The van der Waals surface area contributed by atoms with Crippen molar-refractivity contribution in [3.63, 3.8) is 0 Å². The highest BCUT2D eigenvalue weighted by atomic mass is 16.2. The molecule has 3 rings (SSSR count). The van der Waals surface area contributed by atoms with Crippen LogP contribution in [-0.2, 0) is 22.6 Å². The Morgan fingerprint density at radius 3 is 2.52 bits per heavy atom. The lowest BCUT2D eigenvalue weighted by Crippen LogP contribution is -2.31. The summed E-state index contributed by atoms with van der Waals surface area (Å²) in [6.07, 6.45) is 0.369. The summed E-state index contributed by atoms with van der Waals surface area (Å²) in [6.45, 7) is 3.84. The van der Waals surface area contributed by atoms with E-state index < -0.39 is 0 Å². The smallest absolute Gasteiger partial charge is 0.273 e. The maximum atomic E-state index is 13.0. The second-order valence-electron chi connectivity index (χ2n) is 6.96. The highest BCUT2D eigenvalue weighted by molar-refractivity contribution is 5.91. The SMILES string of the molecule is CNC(=O)CCc1nc2ccccc2n(CC(=O)Nc2ccc(C)c(C)c2)c1=O. The molecule has 150 valence electrons. The Bertz CT molecular complexity index is 1130. The number of aromatic nitrogens is 2. The number of carbonyl (C=O) groups is 2. The molecule has 0 spiro atoms. The van der Waals surface area contributed by atoms with Crippen molar-refractivity contribution >= 4 is 28.5 Å². The van der Waals surface area contributed by atoms with Crippen LogP contribution in [0.4, 0.5) is 5.69 Å². The van der Waals surface area contributed by atoms with E-state index in [1.54, 1.807) is 25.2 Å². The Kier molecular flexibility index (Phi) is 6.07. The van der Waals surface area contributed by atoms with E-state index in [0.717, 1.165) is 11.1 Å². The quantitative estimate of drug-likeness (QED) is 0.673. The molecule has 0 atom stereocenters. The van der Waals surface area contributed by atoms with Gasteiger partial charge in [-0.05, 0) is 49.2 Å². The van der Waals surface area contributed by atoms with Gasteiger partial charge in [-0.1, -0.05) is 18.2 Å². The maximum Gasteiger partial charge on any atom is 0.273 e. The molecule has 0 saturated carbocycles. The Morgan fingerprint density at radius 2 is 1.79 bits per heavy atom. The number of nitrogens with zero attached hydrogens (tertiary/aromatic N) is 2. The molecule has 0 aliphatic carbocycles. The average Bonchev–Trinajstić information content (AvgIpc) is 2.71. The zero-order chi connectivity index (χ0) is 21.0. The van der Waals surface area contributed by atoms with E-state index in [-0.39, 0.29) is 42.5 Å². The molecular weight excluding hydrogens is 368 g/mol. The number of hydrogen-bond donors (Lipinski definition) is 2. The van der Waals surface area contributed by atoms with Gasteiger partial charge in [0.25, 0.3) is 5.56 Å². The number of para-hydroxylation sites is 2. The monoisotopic (exact) mass is 392 g/mol. The van der Waals surface area contributed by atoms with Crippen LogP contribution in [0.2, 0.25) is 0 Å². The number of anilines is 1. The number of rotatable bonds is 6. The molecule has 2 N–H and O–H groups in total. The minimum atomic E-state index is -0.358.